The highest BCUT2D eigenvalue weighted by molar-refractivity contribution is 7.18. The molecule has 0 radical (unpaired) electrons. The number of carbonyl (C=O) groups is 3. The van der Waals surface area contributed by atoms with Gasteiger partial charge in [0.2, 0.25) is 0 Å². The quantitative estimate of drug-likeness (QED) is 0.546. The van der Waals surface area contributed by atoms with E-state index in [1.165, 1.54) is 6.26 Å². The third kappa shape index (κ3) is 5.05. The van der Waals surface area contributed by atoms with E-state index in [1.807, 2.05) is 6.07 Å². The topological polar surface area (TPSA) is 100 Å². The van der Waals surface area contributed by atoms with E-state index < -0.39 is 0 Å². The monoisotopic (exact) mass is 383 g/mol. The van der Waals surface area contributed by atoms with Gasteiger partial charge in [-0.15, -0.1) is 11.3 Å². The molecule has 0 aliphatic rings. The van der Waals surface area contributed by atoms with Crippen molar-refractivity contribution in [3.63, 3.8) is 0 Å². The summed E-state index contributed by atoms with van der Waals surface area (Å²) in [6.07, 6.45) is 1.42. The normalized spacial score (nSPS) is 10.2. The van der Waals surface area contributed by atoms with E-state index in [1.54, 1.807) is 48.5 Å². The molecule has 0 unspecified atom stereocenters. The molecule has 0 atom stereocenters. The summed E-state index contributed by atoms with van der Waals surface area (Å²) in [7, 11) is 0. The third-order valence-corrected chi connectivity index (χ3v) is 4.54. The maximum atomic E-state index is 12.1. The van der Waals surface area contributed by atoms with Crippen LogP contribution in [0.1, 0.15) is 30.6 Å². The van der Waals surface area contributed by atoms with Gasteiger partial charge in [0.15, 0.2) is 5.76 Å². The van der Waals surface area contributed by atoms with Crippen LogP contribution < -0.4 is 16.0 Å². The third-order valence-electron chi connectivity index (χ3n) is 3.54. The molecular weight excluding hydrogens is 366 g/mol. The summed E-state index contributed by atoms with van der Waals surface area (Å²) in [5, 5.41) is 8.67. The van der Waals surface area contributed by atoms with Gasteiger partial charge < -0.3 is 20.4 Å². The number of carbonyl (C=O) groups excluding carboxylic acids is 3. The Hall–Kier alpha value is -3.39. The number of amides is 3. The smallest absolute Gasteiger partial charge is 0.291 e. The average molecular weight is 383 g/mol. The molecule has 0 fully saturated rings. The van der Waals surface area contributed by atoms with Crippen LogP contribution in [0.2, 0.25) is 0 Å². The lowest BCUT2D eigenvalue weighted by Crippen LogP contribution is -2.34. The van der Waals surface area contributed by atoms with Crippen LogP contribution in [0.5, 0.6) is 0 Å². The van der Waals surface area contributed by atoms with Crippen LogP contribution in [0.4, 0.5) is 5.00 Å². The Bertz CT molecular complexity index is 920. The molecule has 3 N–H and O–H groups in total. The van der Waals surface area contributed by atoms with Crippen LogP contribution in [0.15, 0.2) is 65.3 Å². The predicted octanol–water partition coefficient (Wildman–Crippen LogP) is 2.75. The number of benzene rings is 1. The number of rotatable bonds is 7. The van der Waals surface area contributed by atoms with E-state index in [0.717, 1.165) is 11.3 Å². The highest BCUT2D eigenvalue weighted by Crippen LogP contribution is 2.22. The molecular formula is C19H17N3O4S. The zero-order valence-electron chi connectivity index (χ0n) is 14.2. The van der Waals surface area contributed by atoms with E-state index in [9.17, 15) is 14.4 Å². The van der Waals surface area contributed by atoms with Crippen molar-refractivity contribution in [1.82, 2.24) is 10.6 Å². The molecule has 2 aromatic heterocycles. The summed E-state index contributed by atoms with van der Waals surface area (Å²) in [5.41, 5.74) is 0.569. The van der Waals surface area contributed by atoms with Crippen molar-refractivity contribution >= 4 is 34.1 Å². The van der Waals surface area contributed by atoms with Gasteiger partial charge in [0.25, 0.3) is 17.7 Å². The first-order valence-corrected chi connectivity index (χ1v) is 9.01. The molecule has 0 aliphatic heterocycles. The van der Waals surface area contributed by atoms with Crippen LogP contribution >= 0.6 is 11.3 Å². The fraction of sp³-hybridized carbons (Fsp3) is 0.105. The lowest BCUT2D eigenvalue weighted by atomic mass is 10.2. The van der Waals surface area contributed by atoms with Gasteiger partial charge in [-0.3, -0.25) is 14.4 Å². The Morgan fingerprint density at radius 2 is 1.56 bits per heavy atom. The molecule has 0 saturated heterocycles. The van der Waals surface area contributed by atoms with Crippen LogP contribution in [0.25, 0.3) is 0 Å². The lowest BCUT2D eigenvalue weighted by molar-refractivity contribution is 0.0929. The van der Waals surface area contributed by atoms with Gasteiger partial charge in [-0.05, 0) is 36.4 Å². The predicted molar refractivity (Wildman–Crippen MR) is 102 cm³/mol. The molecule has 2 heterocycles. The minimum absolute atomic E-state index is 0.191. The highest BCUT2D eigenvalue weighted by Gasteiger charge is 2.13. The van der Waals surface area contributed by atoms with Gasteiger partial charge in [0, 0.05) is 18.7 Å². The molecule has 7 nitrogen and oxygen atoms in total. The van der Waals surface area contributed by atoms with Crippen molar-refractivity contribution < 1.29 is 18.8 Å². The first-order valence-electron chi connectivity index (χ1n) is 8.19. The number of hydrogen-bond acceptors (Lipinski definition) is 5. The van der Waals surface area contributed by atoms with Crippen LogP contribution in [0.3, 0.4) is 0 Å². The lowest BCUT2D eigenvalue weighted by Gasteiger charge is -2.06. The fourth-order valence-electron chi connectivity index (χ4n) is 2.24. The number of thiophene rings is 1. The molecule has 138 valence electrons. The second-order valence-corrected chi connectivity index (χ2v) is 6.56. The zero-order chi connectivity index (χ0) is 19.1. The molecule has 0 aliphatic carbocycles. The van der Waals surface area contributed by atoms with E-state index >= 15 is 0 Å². The maximum Gasteiger partial charge on any atom is 0.291 e. The van der Waals surface area contributed by atoms with Crippen molar-refractivity contribution in [2.45, 2.75) is 0 Å². The largest absolute Gasteiger partial charge is 0.459 e. The minimum atomic E-state index is -0.377. The number of anilines is 1. The Kier molecular flexibility index (Phi) is 6.01. The average Bonchev–Trinajstić information content (AvgIpc) is 3.37. The fourth-order valence-corrected chi connectivity index (χ4v) is 3.06. The summed E-state index contributed by atoms with van der Waals surface area (Å²) in [6, 6.07) is 15.3. The van der Waals surface area contributed by atoms with Gasteiger partial charge in [-0.2, -0.15) is 0 Å². The summed E-state index contributed by atoms with van der Waals surface area (Å²) >= 11 is 1.15. The summed E-state index contributed by atoms with van der Waals surface area (Å²) in [5.74, 6) is -0.641. The summed E-state index contributed by atoms with van der Waals surface area (Å²) < 4.78 is 5.02. The second-order valence-electron chi connectivity index (χ2n) is 5.47. The zero-order valence-corrected chi connectivity index (χ0v) is 15.0. The van der Waals surface area contributed by atoms with Crippen molar-refractivity contribution in [2.24, 2.45) is 0 Å². The molecule has 3 amide bonds. The van der Waals surface area contributed by atoms with Gasteiger partial charge in [-0.25, -0.2) is 0 Å². The molecule has 0 saturated carbocycles. The van der Waals surface area contributed by atoms with Crippen molar-refractivity contribution in [3.05, 3.63) is 77.1 Å². The highest BCUT2D eigenvalue weighted by atomic mass is 32.1. The Balaban J connectivity index is 1.43. The first kappa shape index (κ1) is 18.4. The number of furan rings is 1. The van der Waals surface area contributed by atoms with Crippen LogP contribution in [-0.4, -0.2) is 30.8 Å². The SMILES string of the molecule is O=C(NCCNC(=O)c1ccc(NC(=O)c2ccco2)s1)c1ccccc1. The summed E-state index contributed by atoms with van der Waals surface area (Å²) in [4.78, 5) is 36.4. The number of hydrogen-bond donors (Lipinski definition) is 3. The Labute approximate surface area is 159 Å². The molecule has 27 heavy (non-hydrogen) atoms. The van der Waals surface area contributed by atoms with E-state index in [0.29, 0.717) is 28.5 Å². The van der Waals surface area contributed by atoms with Crippen molar-refractivity contribution in [2.75, 3.05) is 18.4 Å². The standard InChI is InChI=1S/C19H17N3O4S/c23-17(13-5-2-1-3-6-13)20-10-11-21-19(25)15-8-9-16(27-15)22-18(24)14-7-4-12-26-14/h1-9,12H,10-11H2,(H,20,23)(H,21,25)(H,22,24). The van der Waals surface area contributed by atoms with E-state index in [2.05, 4.69) is 16.0 Å². The molecule has 3 rings (SSSR count). The van der Waals surface area contributed by atoms with Gasteiger partial charge in [0.05, 0.1) is 16.1 Å². The van der Waals surface area contributed by atoms with Gasteiger partial charge in [-0.1, -0.05) is 18.2 Å². The maximum absolute atomic E-state index is 12.1. The Morgan fingerprint density at radius 1 is 0.815 bits per heavy atom. The van der Waals surface area contributed by atoms with E-state index in [4.69, 9.17) is 4.42 Å². The number of nitrogens with one attached hydrogen (secondary N) is 3. The summed E-state index contributed by atoms with van der Waals surface area (Å²) in [6.45, 7) is 0.607. The molecule has 0 spiro atoms. The van der Waals surface area contributed by atoms with Crippen molar-refractivity contribution in [1.29, 1.82) is 0 Å². The molecule has 8 heteroatoms. The van der Waals surface area contributed by atoms with Crippen molar-refractivity contribution in [3.8, 4) is 0 Å². The van der Waals surface area contributed by atoms with E-state index in [-0.39, 0.29) is 23.5 Å². The molecule has 1 aromatic carbocycles. The van der Waals surface area contributed by atoms with Crippen LogP contribution in [-0.2, 0) is 0 Å². The van der Waals surface area contributed by atoms with Crippen LogP contribution in [0, 0.1) is 0 Å². The Morgan fingerprint density at radius 3 is 2.26 bits per heavy atom. The first-order chi connectivity index (χ1) is 13.1. The second kappa shape index (κ2) is 8.81. The molecule has 0 bridgehead atoms. The minimum Gasteiger partial charge on any atom is -0.459 e. The van der Waals surface area contributed by atoms with Gasteiger partial charge in [0.1, 0.15) is 0 Å². The molecule has 3 aromatic rings. The van der Waals surface area contributed by atoms with Gasteiger partial charge >= 0.3 is 0 Å².